The standard InChI is InChI=1S/C8H11BO5P/c9-7-8(11,1-2-10)6-5(14-7)3-13-15-4-12-6/h5-7,10-11H,1-3H2/q+1/t5?,6-,7?,8-/m1/s1. The summed E-state index contributed by atoms with van der Waals surface area (Å²) < 4.78 is 15.7. The molecule has 2 N–H and O–H groups in total. The van der Waals surface area contributed by atoms with Gasteiger partial charge in [0.05, 0.1) is 0 Å². The summed E-state index contributed by atoms with van der Waals surface area (Å²) in [6.45, 7) is 0.110. The predicted molar refractivity (Wildman–Crippen MR) is 52.7 cm³/mol. The summed E-state index contributed by atoms with van der Waals surface area (Å²) in [5, 5.41) is 19.1. The predicted octanol–water partition coefficient (Wildman–Crippen LogP) is -0.813. The molecule has 15 heavy (non-hydrogen) atoms. The summed E-state index contributed by atoms with van der Waals surface area (Å²) in [6.07, 6.45) is -0.942. The molecule has 1 fully saturated rings. The number of fused-ring (bicyclic) bond motifs is 1. The number of hydrogen-bond acceptors (Lipinski definition) is 5. The van der Waals surface area contributed by atoms with Crippen molar-refractivity contribution in [2.24, 2.45) is 0 Å². The van der Waals surface area contributed by atoms with Crippen LogP contribution in [0.2, 0.25) is 0 Å². The fourth-order valence-electron chi connectivity index (χ4n) is 1.84. The van der Waals surface area contributed by atoms with Gasteiger partial charge in [0.2, 0.25) is 0 Å². The molecule has 2 unspecified atom stereocenters. The van der Waals surface area contributed by atoms with Gasteiger partial charge in [0.1, 0.15) is 0 Å². The van der Waals surface area contributed by atoms with E-state index in [-0.39, 0.29) is 13.0 Å². The molecule has 2 aliphatic heterocycles. The molecule has 0 amide bonds. The zero-order valence-electron chi connectivity index (χ0n) is 8.00. The zero-order valence-corrected chi connectivity index (χ0v) is 8.89. The summed E-state index contributed by atoms with van der Waals surface area (Å²) in [4.78, 5) is 0. The van der Waals surface area contributed by atoms with Crippen molar-refractivity contribution in [1.82, 2.24) is 0 Å². The molecule has 0 aromatic heterocycles. The minimum absolute atomic E-state index is 0.105. The average Bonchev–Trinajstić information content (AvgIpc) is 2.42. The molecule has 0 bridgehead atoms. The SMILES string of the molecule is [B]C1OC2CO[P+]#CO[C@H]2[C@]1(O)CCO. The quantitative estimate of drug-likeness (QED) is 0.478. The van der Waals surface area contributed by atoms with E-state index >= 15 is 0 Å². The van der Waals surface area contributed by atoms with Crippen LogP contribution in [0.4, 0.5) is 0 Å². The van der Waals surface area contributed by atoms with Gasteiger partial charge in [-0.2, -0.15) is 0 Å². The molecular formula is C8H11BO5P+. The first-order valence-corrected chi connectivity index (χ1v) is 5.46. The Hall–Kier alpha value is 0.0749. The maximum absolute atomic E-state index is 10.2. The van der Waals surface area contributed by atoms with E-state index in [0.717, 1.165) is 0 Å². The third kappa shape index (κ3) is 1.99. The Morgan fingerprint density at radius 1 is 1.60 bits per heavy atom. The van der Waals surface area contributed by atoms with Gasteiger partial charge in [0.15, 0.2) is 0 Å². The topological polar surface area (TPSA) is 68.2 Å². The monoisotopic (exact) mass is 229 g/mol. The van der Waals surface area contributed by atoms with Gasteiger partial charge in [-0.1, -0.05) is 0 Å². The van der Waals surface area contributed by atoms with Crippen molar-refractivity contribution in [3.8, 4) is 5.81 Å². The molecule has 0 aliphatic carbocycles. The number of aliphatic hydroxyl groups is 2. The van der Waals surface area contributed by atoms with Crippen molar-refractivity contribution in [2.75, 3.05) is 13.2 Å². The van der Waals surface area contributed by atoms with Crippen molar-refractivity contribution < 1.29 is 24.2 Å². The molecule has 0 spiro atoms. The fraction of sp³-hybridized carbons (Fsp3) is 0.875. The molecule has 2 radical (unpaired) electrons. The second-order valence-electron chi connectivity index (χ2n) is 3.58. The average molecular weight is 229 g/mol. The first-order valence-electron chi connectivity index (χ1n) is 4.65. The molecule has 1 saturated heterocycles. The molecule has 7 heteroatoms. The Balaban J connectivity index is 2.20. The molecule has 5 nitrogen and oxygen atoms in total. The normalized spacial score (nSPS) is 44.5. The molecule has 2 rings (SSSR count). The third-order valence-electron chi connectivity index (χ3n) is 2.68. The van der Waals surface area contributed by atoms with Crippen LogP contribution in [0.15, 0.2) is 0 Å². The van der Waals surface area contributed by atoms with Crippen LogP contribution in [0.5, 0.6) is 0 Å². The van der Waals surface area contributed by atoms with Crippen molar-refractivity contribution in [3.05, 3.63) is 0 Å². The Kier molecular flexibility index (Phi) is 3.48. The second-order valence-corrected chi connectivity index (χ2v) is 4.20. The summed E-state index contributed by atoms with van der Waals surface area (Å²) >= 11 is 0. The van der Waals surface area contributed by atoms with Gasteiger partial charge in [0.25, 0.3) is 0 Å². The maximum atomic E-state index is 10.2. The van der Waals surface area contributed by atoms with E-state index in [1.807, 2.05) is 0 Å². The number of aliphatic hydroxyl groups excluding tert-OH is 1. The molecule has 0 saturated carbocycles. The Labute approximate surface area is 90.3 Å². The van der Waals surface area contributed by atoms with Gasteiger partial charge in [-0.25, -0.2) is 0 Å². The summed E-state index contributed by atoms with van der Waals surface area (Å²) in [5.41, 5.74) is -1.38. The van der Waals surface area contributed by atoms with E-state index in [0.29, 0.717) is 14.9 Å². The van der Waals surface area contributed by atoms with E-state index in [1.165, 1.54) is 0 Å². The van der Waals surface area contributed by atoms with E-state index in [4.69, 9.17) is 27.0 Å². The number of ether oxygens (including phenoxy) is 2. The van der Waals surface area contributed by atoms with Crippen LogP contribution in [0.25, 0.3) is 0 Å². The van der Waals surface area contributed by atoms with Crippen LogP contribution in [0, 0.1) is 5.81 Å². The van der Waals surface area contributed by atoms with Gasteiger partial charge < -0.3 is 0 Å². The van der Waals surface area contributed by atoms with Crippen LogP contribution in [0.3, 0.4) is 0 Å². The summed E-state index contributed by atoms with van der Waals surface area (Å²) in [7, 11) is 6.13. The molecule has 0 aromatic rings. The Bertz CT molecular complexity index is 303. The van der Waals surface area contributed by atoms with Crippen molar-refractivity contribution in [1.29, 1.82) is 0 Å². The van der Waals surface area contributed by atoms with E-state index in [1.54, 1.807) is 0 Å². The zero-order chi connectivity index (χ0) is 10.9. The first-order chi connectivity index (χ1) is 7.18. The van der Waals surface area contributed by atoms with E-state index in [9.17, 15) is 5.11 Å². The molecule has 0 aromatic carbocycles. The fourth-order valence-corrected chi connectivity index (χ4v) is 2.28. The molecular weight excluding hydrogens is 218 g/mol. The first kappa shape index (κ1) is 11.6. The van der Waals surface area contributed by atoms with Crippen LogP contribution in [0.1, 0.15) is 6.42 Å². The van der Waals surface area contributed by atoms with Crippen molar-refractivity contribution >= 4 is 16.1 Å². The van der Waals surface area contributed by atoms with Crippen LogP contribution in [-0.4, -0.2) is 55.1 Å². The van der Waals surface area contributed by atoms with E-state index < -0.39 is 23.8 Å². The number of hydrogen-bond donors (Lipinski definition) is 2. The Morgan fingerprint density at radius 3 is 3.13 bits per heavy atom. The van der Waals surface area contributed by atoms with Crippen LogP contribution < -0.4 is 0 Å². The van der Waals surface area contributed by atoms with Gasteiger partial charge in [0, 0.05) is 0 Å². The number of rotatable bonds is 2. The summed E-state index contributed by atoms with van der Waals surface area (Å²) in [5.74, 6) is 2.53. The molecule has 2 heterocycles. The Morgan fingerprint density at radius 2 is 2.40 bits per heavy atom. The van der Waals surface area contributed by atoms with Gasteiger partial charge in [-0.05, 0) is 0 Å². The van der Waals surface area contributed by atoms with Gasteiger partial charge in [-0.3, -0.25) is 0 Å². The third-order valence-corrected chi connectivity index (χ3v) is 3.14. The van der Waals surface area contributed by atoms with Crippen LogP contribution in [-0.2, 0) is 14.0 Å². The molecule has 80 valence electrons. The van der Waals surface area contributed by atoms with E-state index in [2.05, 4.69) is 5.81 Å². The molecule has 2 aliphatic rings. The van der Waals surface area contributed by atoms with Crippen LogP contribution >= 0.6 is 8.26 Å². The van der Waals surface area contributed by atoms with Crippen molar-refractivity contribution in [3.63, 3.8) is 0 Å². The second kappa shape index (κ2) is 4.52. The van der Waals surface area contributed by atoms with Gasteiger partial charge in [-0.15, -0.1) is 0 Å². The minimum atomic E-state index is -1.38. The molecule has 4 atom stereocenters. The summed E-state index contributed by atoms with van der Waals surface area (Å²) in [6, 6.07) is -0.875. The van der Waals surface area contributed by atoms with Crippen molar-refractivity contribution in [2.45, 2.75) is 30.2 Å². The van der Waals surface area contributed by atoms with Gasteiger partial charge >= 0.3 is 89.6 Å².